The third kappa shape index (κ3) is 5.14. The van der Waals surface area contributed by atoms with Crippen molar-refractivity contribution in [3.63, 3.8) is 0 Å². The number of halogens is 2. The molecule has 0 amide bonds. The first-order valence-electron chi connectivity index (χ1n) is 5.58. The number of rotatable bonds is 5. The van der Waals surface area contributed by atoms with Gasteiger partial charge in [0.2, 0.25) is 0 Å². The van der Waals surface area contributed by atoms with Gasteiger partial charge >= 0.3 is 0 Å². The van der Waals surface area contributed by atoms with Crippen molar-refractivity contribution in [2.75, 3.05) is 12.0 Å². The molecule has 0 aliphatic heterocycles. The summed E-state index contributed by atoms with van der Waals surface area (Å²) in [7, 11) is -2.98. The lowest BCUT2D eigenvalue weighted by Gasteiger charge is -2.20. The van der Waals surface area contributed by atoms with Gasteiger partial charge in [0.15, 0.2) is 0 Å². The first-order chi connectivity index (χ1) is 8.19. The zero-order valence-electron chi connectivity index (χ0n) is 10.6. The normalized spacial score (nSPS) is 15.4. The fourth-order valence-corrected chi connectivity index (χ4v) is 3.12. The maximum Gasteiger partial charge on any atom is 0.148 e. The first-order valence-corrected chi connectivity index (χ1v) is 8.39. The topological polar surface area (TPSA) is 46.2 Å². The molecule has 0 aliphatic rings. The van der Waals surface area contributed by atoms with Crippen molar-refractivity contribution in [2.45, 2.75) is 25.9 Å². The Kier molecular flexibility index (Phi) is 5.46. The van der Waals surface area contributed by atoms with Crippen LogP contribution in [0.4, 0.5) is 0 Å². The minimum atomic E-state index is -2.98. The molecule has 102 valence electrons. The second kappa shape index (κ2) is 6.24. The highest BCUT2D eigenvalue weighted by Gasteiger charge is 2.14. The largest absolute Gasteiger partial charge is 0.307 e. The Morgan fingerprint density at radius 2 is 1.83 bits per heavy atom. The summed E-state index contributed by atoms with van der Waals surface area (Å²) < 4.78 is 22.4. The first kappa shape index (κ1) is 15.8. The van der Waals surface area contributed by atoms with Crippen LogP contribution in [0, 0.1) is 0 Å². The quantitative estimate of drug-likeness (QED) is 0.909. The SMILES string of the molecule is CC(CS(C)(=O)=O)NC(C)c1ccc(Cl)c(Cl)c1. The summed E-state index contributed by atoms with van der Waals surface area (Å²) in [4.78, 5) is 0. The summed E-state index contributed by atoms with van der Waals surface area (Å²) in [5, 5.41) is 4.23. The molecule has 0 spiro atoms. The van der Waals surface area contributed by atoms with Crippen LogP contribution >= 0.6 is 23.2 Å². The molecule has 0 saturated heterocycles. The molecule has 6 heteroatoms. The van der Waals surface area contributed by atoms with Gasteiger partial charge in [0.05, 0.1) is 15.8 Å². The average Bonchev–Trinajstić information content (AvgIpc) is 2.18. The number of benzene rings is 1. The van der Waals surface area contributed by atoms with Gasteiger partial charge in [0, 0.05) is 18.3 Å². The predicted octanol–water partition coefficient (Wildman–Crippen LogP) is 3.08. The van der Waals surface area contributed by atoms with E-state index in [1.807, 2.05) is 19.9 Å². The van der Waals surface area contributed by atoms with Crippen LogP contribution in [0.2, 0.25) is 10.0 Å². The van der Waals surface area contributed by atoms with Crippen molar-refractivity contribution in [1.29, 1.82) is 0 Å². The summed E-state index contributed by atoms with van der Waals surface area (Å²) in [5.74, 6) is 0.110. The molecule has 3 nitrogen and oxygen atoms in total. The minimum absolute atomic E-state index is 0.0107. The van der Waals surface area contributed by atoms with Gasteiger partial charge < -0.3 is 5.32 Å². The molecule has 0 fully saturated rings. The van der Waals surface area contributed by atoms with E-state index in [1.165, 1.54) is 6.26 Å². The molecule has 0 radical (unpaired) electrons. The van der Waals surface area contributed by atoms with E-state index in [2.05, 4.69) is 5.32 Å². The highest BCUT2D eigenvalue weighted by Crippen LogP contribution is 2.25. The van der Waals surface area contributed by atoms with Crippen LogP contribution in [0.25, 0.3) is 0 Å². The molecular formula is C12H17Cl2NO2S. The molecule has 0 bridgehead atoms. The van der Waals surface area contributed by atoms with Crippen LogP contribution in [0.1, 0.15) is 25.5 Å². The maximum atomic E-state index is 11.2. The molecule has 1 N–H and O–H groups in total. The average molecular weight is 310 g/mol. The van der Waals surface area contributed by atoms with Crippen molar-refractivity contribution in [1.82, 2.24) is 5.32 Å². The Morgan fingerprint density at radius 3 is 2.33 bits per heavy atom. The summed E-state index contributed by atoms with van der Waals surface area (Å²) in [6.45, 7) is 3.80. The van der Waals surface area contributed by atoms with Gasteiger partial charge in [-0.1, -0.05) is 29.3 Å². The minimum Gasteiger partial charge on any atom is -0.307 e. The van der Waals surface area contributed by atoms with Crippen LogP contribution in [-0.2, 0) is 9.84 Å². The van der Waals surface area contributed by atoms with E-state index in [4.69, 9.17) is 23.2 Å². The van der Waals surface area contributed by atoms with Gasteiger partial charge in [-0.25, -0.2) is 8.42 Å². The Labute approximate surface area is 118 Å². The highest BCUT2D eigenvalue weighted by molar-refractivity contribution is 7.90. The van der Waals surface area contributed by atoms with E-state index < -0.39 is 9.84 Å². The summed E-state index contributed by atoms with van der Waals surface area (Å²) in [6, 6.07) is 5.29. The Hall–Kier alpha value is -0.290. The second-order valence-electron chi connectivity index (χ2n) is 4.56. The fourth-order valence-electron chi connectivity index (χ4n) is 1.81. The van der Waals surface area contributed by atoms with Gasteiger partial charge in [-0.3, -0.25) is 0 Å². The monoisotopic (exact) mass is 309 g/mol. The number of sulfone groups is 1. The van der Waals surface area contributed by atoms with E-state index in [1.54, 1.807) is 12.1 Å². The van der Waals surface area contributed by atoms with Crippen LogP contribution < -0.4 is 5.32 Å². The Balaban J connectivity index is 2.70. The Bertz CT molecular complexity index is 517. The predicted molar refractivity (Wildman–Crippen MR) is 77.2 cm³/mol. The van der Waals surface area contributed by atoms with Gasteiger partial charge in [-0.05, 0) is 31.5 Å². The lowest BCUT2D eigenvalue weighted by molar-refractivity contribution is 0.501. The Morgan fingerprint density at radius 1 is 1.22 bits per heavy atom. The van der Waals surface area contributed by atoms with Gasteiger partial charge in [-0.2, -0.15) is 0 Å². The molecule has 2 unspecified atom stereocenters. The molecule has 0 heterocycles. The smallest absolute Gasteiger partial charge is 0.148 e. The third-order valence-electron chi connectivity index (χ3n) is 2.53. The van der Waals surface area contributed by atoms with Crippen molar-refractivity contribution in [2.24, 2.45) is 0 Å². The molecule has 18 heavy (non-hydrogen) atoms. The molecule has 0 saturated carbocycles. The molecule has 1 rings (SSSR count). The summed E-state index contributed by atoms with van der Waals surface area (Å²) in [5.41, 5.74) is 0.977. The van der Waals surface area contributed by atoms with Crippen molar-refractivity contribution >= 4 is 33.0 Å². The number of hydrogen-bond acceptors (Lipinski definition) is 3. The highest BCUT2D eigenvalue weighted by atomic mass is 35.5. The van der Waals surface area contributed by atoms with E-state index in [-0.39, 0.29) is 17.8 Å². The molecule has 2 atom stereocenters. The third-order valence-corrected chi connectivity index (χ3v) is 4.38. The van der Waals surface area contributed by atoms with E-state index in [0.29, 0.717) is 10.0 Å². The van der Waals surface area contributed by atoms with Crippen molar-refractivity contribution in [3.8, 4) is 0 Å². The standard InChI is InChI=1S/C12H17Cl2NO2S/c1-8(7-18(3,16)17)15-9(2)10-4-5-11(13)12(14)6-10/h4-6,8-9,15H,7H2,1-3H3. The summed E-state index contributed by atoms with van der Waals surface area (Å²) in [6.07, 6.45) is 1.23. The van der Waals surface area contributed by atoms with Crippen LogP contribution in [-0.4, -0.2) is 26.5 Å². The molecule has 0 aromatic heterocycles. The lowest BCUT2D eigenvalue weighted by Crippen LogP contribution is -2.34. The second-order valence-corrected chi connectivity index (χ2v) is 7.55. The van der Waals surface area contributed by atoms with Crippen LogP contribution in [0.5, 0.6) is 0 Å². The molecule has 1 aromatic carbocycles. The van der Waals surface area contributed by atoms with Crippen LogP contribution in [0.15, 0.2) is 18.2 Å². The van der Waals surface area contributed by atoms with E-state index >= 15 is 0 Å². The van der Waals surface area contributed by atoms with Crippen LogP contribution in [0.3, 0.4) is 0 Å². The fraction of sp³-hybridized carbons (Fsp3) is 0.500. The molecular weight excluding hydrogens is 293 g/mol. The lowest BCUT2D eigenvalue weighted by atomic mass is 10.1. The van der Waals surface area contributed by atoms with Gasteiger partial charge in [0.25, 0.3) is 0 Å². The van der Waals surface area contributed by atoms with Gasteiger partial charge in [0.1, 0.15) is 9.84 Å². The molecule has 1 aromatic rings. The molecule has 0 aliphatic carbocycles. The zero-order chi connectivity index (χ0) is 13.9. The number of nitrogens with one attached hydrogen (secondary N) is 1. The summed E-state index contributed by atoms with van der Waals surface area (Å²) >= 11 is 11.8. The van der Waals surface area contributed by atoms with Crippen molar-refractivity contribution < 1.29 is 8.42 Å². The van der Waals surface area contributed by atoms with Crippen molar-refractivity contribution in [3.05, 3.63) is 33.8 Å². The number of hydrogen-bond donors (Lipinski definition) is 1. The zero-order valence-corrected chi connectivity index (χ0v) is 12.9. The van der Waals surface area contributed by atoms with E-state index in [0.717, 1.165) is 5.56 Å². The van der Waals surface area contributed by atoms with Gasteiger partial charge in [-0.15, -0.1) is 0 Å². The maximum absolute atomic E-state index is 11.2. The van der Waals surface area contributed by atoms with E-state index in [9.17, 15) is 8.42 Å².